The highest BCUT2D eigenvalue weighted by atomic mass is 35.5. The molecule has 1 amide bonds. The highest BCUT2D eigenvalue weighted by molar-refractivity contribution is 7.99. The number of nitro benzene ring substituents is 1. The van der Waals surface area contributed by atoms with Crippen LogP contribution in [0.25, 0.3) is 17.1 Å². The minimum atomic E-state index is -0.587. The van der Waals surface area contributed by atoms with Crippen LogP contribution in [-0.4, -0.2) is 37.6 Å². The summed E-state index contributed by atoms with van der Waals surface area (Å²) in [6.45, 7) is 2.00. The molecule has 1 aromatic heterocycles. The molecule has 0 unspecified atom stereocenters. The normalized spacial score (nSPS) is 11.1. The van der Waals surface area contributed by atoms with Crippen LogP contribution in [0.15, 0.2) is 77.0 Å². The van der Waals surface area contributed by atoms with Crippen molar-refractivity contribution in [3.05, 3.63) is 98.0 Å². The molecule has 1 N–H and O–H groups in total. The molecule has 0 saturated heterocycles. The lowest BCUT2D eigenvalue weighted by Gasteiger charge is -2.10. The summed E-state index contributed by atoms with van der Waals surface area (Å²) in [7, 11) is 0. The number of nitrogens with zero attached hydrogens (tertiary/aromatic N) is 5. The Bertz CT molecular complexity index is 1440. The van der Waals surface area contributed by atoms with Gasteiger partial charge in [-0.2, -0.15) is 5.10 Å². The molecular formula is C24H18Cl2N6O3S. The second-order valence-electron chi connectivity index (χ2n) is 7.53. The van der Waals surface area contributed by atoms with E-state index in [1.54, 1.807) is 18.2 Å². The van der Waals surface area contributed by atoms with Gasteiger partial charge in [-0.25, -0.2) is 5.43 Å². The fraction of sp³-hybridized carbons (Fsp3) is 0.0833. The van der Waals surface area contributed by atoms with Gasteiger partial charge in [0.2, 0.25) is 0 Å². The number of aromatic nitrogens is 3. The number of aryl methyl sites for hydroxylation is 1. The molecule has 182 valence electrons. The van der Waals surface area contributed by atoms with Gasteiger partial charge in [0.1, 0.15) is 5.02 Å². The highest BCUT2D eigenvalue weighted by Crippen LogP contribution is 2.29. The van der Waals surface area contributed by atoms with Gasteiger partial charge in [0.15, 0.2) is 11.0 Å². The van der Waals surface area contributed by atoms with E-state index in [2.05, 4.69) is 20.7 Å². The molecule has 9 nitrogen and oxygen atoms in total. The number of hydrogen-bond donors (Lipinski definition) is 1. The number of nitrogens with one attached hydrogen (secondary N) is 1. The SMILES string of the molecule is Cc1ccc(-c2nnc(SCC(=O)NN=Cc3ccc(Cl)c([N+](=O)[O-])c3)n2-c2ccc(Cl)cc2)cc1. The molecule has 4 aromatic rings. The standard InChI is InChI=1S/C24H18Cl2N6O3S/c1-15-2-5-17(6-3-15)23-29-30-24(31(23)19-9-7-18(25)8-10-19)36-14-22(33)28-27-13-16-4-11-20(26)21(12-16)32(34)35/h2-13H,14H2,1H3,(H,28,33). The van der Waals surface area contributed by atoms with E-state index >= 15 is 0 Å². The molecule has 0 aliphatic heterocycles. The lowest BCUT2D eigenvalue weighted by Crippen LogP contribution is -2.20. The summed E-state index contributed by atoms with van der Waals surface area (Å²) in [5.74, 6) is 0.252. The molecule has 4 rings (SSSR count). The van der Waals surface area contributed by atoms with Crippen molar-refractivity contribution in [3.63, 3.8) is 0 Å². The van der Waals surface area contributed by atoms with Crippen molar-refractivity contribution >= 4 is 52.8 Å². The van der Waals surface area contributed by atoms with Gasteiger partial charge in [0, 0.05) is 27.9 Å². The fourth-order valence-corrected chi connectivity index (χ4v) is 4.22. The number of benzene rings is 3. The average molecular weight is 541 g/mol. The predicted octanol–water partition coefficient (Wildman–Crippen LogP) is 5.70. The molecule has 0 fully saturated rings. The second-order valence-corrected chi connectivity index (χ2v) is 9.32. The zero-order valence-corrected chi connectivity index (χ0v) is 21.1. The summed E-state index contributed by atoms with van der Waals surface area (Å²) in [4.78, 5) is 22.8. The molecule has 12 heteroatoms. The first-order valence-corrected chi connectivity index (χ1v) is 12.2. The van der Waals surface area contributed by atoms with Crippen LogP contribution in [0.4, 0.5) is 5.69 Å². The van der Waals surface area contributed by atoms with Gasteiger partial charge in [-0.3, -0.25) is 19.5 Å². The second kappa shape index (κ2) is 11.3. The topological polar surface area (TPSA) is 115 Å². The van der Waals surface area contributed by atoms with Crippen LogP contribution in [0.1, 0.15) is 11.1 Å². The molecule has 1 heterocycles. The van der Waals surface area contributed by atoms with Gasteiger partial charge >= 0.3 is 0 Å². The van der Waals surface area contributed by atoms with Crippen LogP contribution in [0.3, 0.4) is 0 Å². The molecule has 0 bridgehead atoms. The van der Waals surface area contributed by atoms with Crippen LogP contribution in [-0.2, 0) is 4.79 Å². The maximum absolute atomic E-state index is 12.4. The largest absolute Gasteiger partial charge is 0.288 e. The van der Waals surface area contributed by atoms with Crippen LogP contribution in [0.5, 0.6) is 0 Å². The maximum Gasteiger partial charge on any atom is 0.288 e. The van der Waals surface area contributed by atoms with Crippen molar-refractivity contribution < 1.29 is 9.72 Å². The van der Waals surface area contributed by atoms with Crippen LogP contribution < -0.4 is 5.43 Å². The number of rotatable bonds is 8. The smallest absolute Gasteiger partial charge is 0.272 e. The number of carbonyl (C=O) groups is 1. The number of nitro groups is 1. The Kier molecular flexibility index (Phi) is 7.99. The maximum atomic E-state index is 12.4. The monoisotopic (exact) mass is 540 g/mol. The molecule has 0 saturated carbocycles. The minimum Gasteiger partial charge on any atom is -0.272 e. The summed E-state index contributed by atoms with van der Waals surface area (Å²) < 4.78 is 1.86. The summed E-state index contributed by atoms with van der Waals surface area (Å²) in [5.41, 5.74) is 5.38. The van der Waals surface area contributed by atoms with Crippen molar-refractivity contribution in [1.82, 2.24) is 20.2 Å². The quantitative estimate of drug-likeness (QED) is 0.132. The van der Waals surface area contributed by atoms with E-state index < -0.39 is 4.92 Å². The van der Waals surface area contributed by atoms with E-state index in [0.717, 1.165) is 16.8 Å². The first kappa shape index (κ1) is 25.4. The molecular weight excluding hydrogens is 523 g/mol. The first-order valence-electron chi connectivity index (χ1n) is 10.5. The van der Waals surface area contributed by atoms with Crippen molar-refractivity contribution in [2.24, 2.45) is 5.10 Å². The van der Waals surface area contributed by atoms with Gasteiger partial charge in [-0.1, -0.05) is 70.9 Å². The molecule has 3 aromatic carbocycles. The van der Waals surface area contributed by atoms with Crippen molar-refractivity contribution in [3.8, 4) is 17.1 Å². The number of hydrogen-bond acceptors (Lipinski definition) is 7. The third kappa shape index (κ3) is 6.09. The number of hydrazone groups is 1. The Morgan fingerprint density at radius 2 is 1.83 bits per heavy atom. The zero-order chi connectivity index (χ0) is 25.7. The van der Waals surface area contributed by atoms with E-state index in [4.69, 9.17) is 23.2 Å². The third-order valence-electron chi connectivity index (χ3n) is 4.93. The number of amides is 1. The van der Waals surface area contributed by atoms with E-state index in [1.807, 2.05) is 47.9 Å². The summed E-state index contributed by atoms with van der Waals surface area (Å²) in [6, 6.07) is 19.4. The fourth-order valence-electron chi connectivity index (χ4n) is 3.17. The molecule has 0 atom stereocenters. The van der Waals surface area contributed by atoms with E-state index in [0.29, 0.717) is 21.6 Å². The molecule has 0 aliphatic rings. The molecule has 36 heavy (non-hydrogen) atoms. The first-order chi connectivity index (χ1) is 17.3. The van der Waals surface area contributed by atoms with Gasteiger partial charge in [-0.15, -0.1) is 10.2 Å². The van der Waals surface area contributed by atoms with Gasteiger partial charge in [-0.05, 0) is 37.3 Å². The van der Waals surface area contributed by atoms with E-state index in [9.17, 15) is 14.9 Å². The Hall–Kier alpha value is -3.73. The van der Waals surface area contributed by atoms with Gasteiger partial charge in [0.25, 0.3) is 11.6 Å². The van der Waals surface area contributed by atoms with Crippen molar-refractivity contribution in [2.45, 2.75) is 12.1 Å². The van der Waals surface area contributed by atoms with Crippen molar-refractivity contribution in [1.29, 1.82) is 0 Å². The molecule has 0 aliphatic carbocycles. The number of thioether (sulfide) groups is 1. The lowest BCUT2D eigenvalue weighted by atomic mass is 10.1. The summed E-state index contributed by atoms with van der Waals surface area (Å²) in [5, 5.41) is 24.7. The van der Waals surface area contributed by atoms with Crippen LogP contribution in [0.2, 0.25) is 10.0 Å². The Balaban J connectivity index is 1.49. The van der Waals surface area contributed by atoms with E-state index in [-0.39, 0.29) is 22.4 Å². The minimum absolute atomic E-state index is 0.0116. The Morgan fingerprint density at radius 1 is 1.11 bits per heavy atom. The summed E-state index contributed by atoms with van der Waals surface area (Å²) in [6.07, 6.45) is 1.30. The van der Waals surface area contributed by atoms with Gasteiger partial charge < -0.3 is 0 Å². The van der Waals surface area contributed by atoms with Crippen molar-refractivity contribution in [2.75, 3.05) is 5.75 Å². The number of carbonyl (C=O) groups excluding carboxylic acids is 1. The van der Waals surface area contributed by atoms with E-state index in [1.165, 1.54) is 30.1 Å². The number of halogens is 2. The zero-order valence-electron chi connectivity index (χ0n) is 18.8. The Morgan fingerprint density at radius 3 is 2.53 bits per heavy atom. The van der Waals surface area contributed by atoms with Crippen LogP contribution in [0, 0.1) is 17.0 Å². The average Bonchev–Trinajstić information content (AvgIpc) is 3.28. The van der Waals surface area contributed by atoms with Gasteiger partial charge in [0.05, 0.1) is 16.9 Å². The molecule has 0 spiro atoms. The predicted molar refractivity (Wildman–Crippen MR) is 141 cm³/mol. The summed E-state index contributed by atoms with van der Waals surface area (Å²) >= 11 is 13.1. The third-order valence-corrected chi connectivity index (χ3v) is 6.43. The van der Waals surface area contributed by atoms with Crippen LogP contribution >= 0.6 is 35.0 Å². The molecule has 0 radical (unpaired) electrons. The highest BCUT2D eigenvalue weighted by Gasteiger charge is 2.17. The Labute approximate surface area is 220 Å². The lowest BCUT2D eigenvalue weighted by molar-refractivity contribution is -0.384.